The van der Waals surface area contributed by atoms with Crippen LogP contribution in [0.3, 0.4) is 0 Å². The highest BCUT2D eigenvalue weighted by Gasteiger charge is 2.49. The van der Waals surface area contributed by atoms with Crippen LogP contribution in [0.5, 0.6) is 0 Å². The van der Waals surface area contributed by atoms with Crippen molar-refractivity contribution in [1.82, 2.24) is 10.4 Å². The predicted molar refractivity (Wildman–Crippen MR) is 93.5 cm³/mol. The van der Waals surface area contributed by atoms with Gasteiger partial charge < -0.3 is 10.6 Å². The quantitative estimate of drug-likeness (QED) is 0.633. The molecule has 0 radical (unpaired) electrons. The largest absolute Gasteiger partial charge is 0.398 e. The Kier molecular flexibility index (Phi) is 4.41. The fraction of sp³-hybridized carbons (Fsp3) is 0.611. The highest BCUT2D eigenvalue weighted by atomic mass is 35.5. The molecule has 1 saturated carbocycles. The third-order valence-electron chi connectivity index (χ3n) is 5.96. The summed E-state index contributed by atoms with van der Waals surface area (Å²) in [6.45, 7) is 4.44. The first-order valence-electron chi connectivity index (χ1n) is 8.81. The molecule has 1 aromatic carbocycles. The van der Waals surface area contributed by atoms with Gasteiger partial charge in [0.2, 0.25) is 0 Å². The van der Waals surface area contributed by atoms with Crippen molar-refractivity contribution in [1.29, 1.82) is 0 Å². The second kappa shape index (κ2) is 6.54. The summed E-state index contributed by atoms with van der Waals surface area (Å²) in [5.41, 5.74) is 9.10. The average Bonchev–Trinajstić information content (AvgIpc) is 3.37. The number of nitrogen functional groups attached to an aromatic ring is 1. The summed E-state index contributed by atoms with van der Waals surface area (Å²) in [5.74, 6) is 2.84. The molecular weight excluding hydrogens is 326 g/mol. The Morgan fingerprint density at radius 1 is 1.33 bits per heavy atom. The molecule has 0 spiro atoms. The van der Waals surface area contributed by atoms with Crippen LogP contribution < -0.4 is 11.2 Å². The first-order chi connectivity index (χ1) is 11.6. The summed E-state index contributed by atoms with van der Waals surface area (Å²) in [5, 5.41) is 0.382. The van der Waals surface area contributed by atoms with Crippen LogP contribution in [0, 0.1) is 23.7 Å². The second-order valence-corrected chi connectivity index (χ2v) is 7.85. The van der Waals surface area contributed by atoms with Crippen molar-refractivity contribution in [2.24, 2.45) is 23.7 Å². The predicted octanol–water partition coefficient (Wildman–Crippen LogP) is 2.56. The van der Waals surface area contributed by atoms with Gasteiger partial charge in [-0.2, -0.15) is 0 Å². The summed E-state index contributed by atoms with van der Waals surface area (Å²) < 4.78 is 0. The monoisotopic (exact) mass is 349 g/mol. The van der Waals surface area contributed by atoms with Gasteiger partial charge in [-0.15, -0.1) is 0 Å². The Balaban J connectivity index is 1.22. The van der Waals surface area contributed by atoms with Gasteiger partial charge in [0.1, 0.15) is 0 Å². The molecule has 4 aliphatic rings. The number of rotatable bonds is 5. The van der Waals surface area contributed by atoms with E-state index in [-0.39, 0.29) is 5.91 Å². The minimum Gasteiger partial charge on any atom is -0.398 e. The molecule has 3 unspecified atom stereocenters. The number of nitrogens with one attached hydrogen (secondary N) is 1. The van der Waals surface area contributed by atoms with Gasteiger partial charge in [0.15, 0.2) is 0 Å². The van der Waals surface area contributed by atoms with Crippen molar-refractivity contribution >= 4 is 23.2 Å². The maximum atomic E-state index is 12.1. The molecule has 4 fully saturated rings. The molecule has 1 aromatic rings. The number of halogens is 1. The van der Waals surface area contributed by atoms with Crippen molar-refractivity contribution in [3.05, 3.63) is 28.8 Å². The lowest BCUT2D eigenvalue weighted by Crippen LogP contribution is -2.48. The zero-order valence-electron chi connectivity index (χ0n) is 13.7. The van der Waals surface area contributed by atoms with Crippen LogP contribution in [0.4, 0.5) is 5.69 Å². The molecule has 3 heterocycles. The Hall–Kier alpha value is -1.30. The van der Waals surface area contributed by atoms with Crippen LogP contribution in [0.1, 0.15) is 29.6 Å². The van der Waals surface area contributed by atoms with E-state index in [2.05, 4.69) is 10.4 Å². The minimum absolute atomic E-state index is 0.281. The number of hydroxylamine groups is 1. The number of benzene rings is 1. The van der Waals surface area contributed by atoms with Crippen molar-refractivity contribution in [2.45, 2.75) is 19.3 Å². The number of anilines is 1. The van der Waals surface area contributed by atoms with Crippen molar-refractivity contribution in [3.8, 4) is 0 Å². The summed E-state index contributed by atoms with van der Waals surface area (Å²) in [6, 6.07) is 4.83. The van der Waals surface area contributed by atoms with E-state index in [0.29, 0.717) is 28.8 Å². The molecule has 3 atom stereocenters. The molecule has 130 valence electrons. The number of hydrogen-bond donors (Lipinski definition) is 2. The van der Waals surface area contributed by atoms with E-state index in [1.807, 2.05) is 0 Å². The van der Waals surface area contributed by atoms with E-state index < -0.39 is 0 Å². The highest BCUT2D eigenvalue weighted by Crippen LogP contribution is 2.51. The third kappa shape index (κ3) is 3.25. The van der Waals surface area contributed by atoms with E-state index >= 15 is 0 Å². The smallest absolute Gasteiger partial charge is 0.274 e. The molecule has 3 aliphatic heterocycles. The number of amides is 1. The van der Waals surface area contributed by atoms with Crippen LogP contribution in [-0.2, 0) is 4.84 Å². The number of carbonyl (C=O) groups is 1. The highest BCUT2D eigenvalue weighted by molar-refractivity contribution is 6.33. The average molecular weight is 350 g/mol. The molecule has 2 bridgehead atoms. The van der Waals surface area contributed by atoms with E-state index in [9.17, 15) is 4.79 Å². The Morgan fingerprint density at radius 3 is 2.79 bits per heavy atom. The van der Waals surface area contributed by atoms with Gasteiger partial charge in [-0.3, -0.25) is 9.63 Å². The molecule has 1 amide bonds. The number of fused-ring (bicyclic) bond motifs is 3. The summed E-state index contributed by atoms with van der Waals surface area (Å²) in [4.78, 5) is 20.1. The molecule has 24 heavy (non-hydrogen) atoms. The SMILES string of the molecule is Nc1ccc(C(=O)NOCC2CC2C2CN3CCC2CC3)cc1Cl. The summed E-state index contributed by atoms with van der Waals surface area (Å²) >= 11 is 5.94. The van der Waals surface area contributed by atoms with Crippen LogP contribution in [-0.4, -0.2) is 37.0 Å². The van der Waals surface area contributed by atoms with Gasteiger partial charge in [0, 0.05) is 12.1 Å². The zero-order valence-corrected chi connectivity index (χ0v) is 14.5. The number of nitrogens with two attached hydrogens (primary N) is 1. The van der Waals surface area contributed by atoms with Crippen molar-refractivity contribution in [2.75, 3.05) is 32.0 Å². The Labute approximate surface area is 147 Å². The molecule has 5 rings (SSSR count). The topological polar surface area (TPSA) is 67.6 Å². The lowest BCUT2D eigenvalue weighted by Gasteiger charge is -2.45. The lowest BCUT2D eigenvalue weighted by atomic mass is 9.76. The fourth-order valence-electron chi connectivity index (χ4n) is 4.42. The van der Waals surface area contributed by atoms with Crippen LogP contribution in [0.15, 0.2) is 18.2 Å². The first-order valence-corrected chi connectivity index (χ1v) is 9.19. The van der Waals surface area contributed by atoms with Gasteiger partial charge in [-0.05, 0) is 74.2 Å². The Morgan fingerprint density at radius 2 is 2.12 bits per heavy atom. The fourth-order valence-corrected chi connectivity index (χ4v) is 4.60. The second-order valence-electron chi connectivity index (χ2n) is 7.44. The van der Waals surface area contributed by atoms with Crippen molar-refractivity contribution in [3.63, 3.8) is 0 Å². The third-order valence-corrected chi connectivity index (χ3v) is 6.29. The number of nitrogens with zero attached hydrogens (tertiary/aromatic N) is 1. The lowest BCUT2D eigenvalue weighted by molar-refractivity contribution is 0.0134. The maximum Gasteiger partial charge on any atom is 0.274 e. The van der Waals surface area contributed by atoms with Gasteiger partial charge in [0.05, 0.1) is 17.3 Å². The summed E-state index contributed by atoms with van der Waals surface area (Å²) in [6.07, 6.45) is 3.96. The number of carbonyl (C=O) groups excluding carboxylic acids is 1. The molecule has 5 nitrogen and oxygen atoms in total. The minimum atomic E-state index is -0.281. The molecule has 0 aromatic heterocycles. The molecule has 6 heteroatoms. The van der Waals surface area contributed by atoms with Crippen LogP contribution in [0.2, 0.25) is 5.02 Å². The normalized spacial score (nSPS) is 34.1. The van der Waals surface area contributed by atoms with E-state index in [0.717, 1.165) is 17.8 Å². The number of piperidine rings is 3. The number of hydrogen-bond acceptors (Lipinski definition) is 4. The first kappa shape index (κ1) is 16.2. The van der Waals surface area contributed by atoms with Gasteiger partial charge in [0.25, 0.3) is 5.91 Å². The Bertz CT molecular complexity index is 631. The molecule has 3 saturated heterocycles. The van der Waals surface area contributed by atoms with Crippen LogP contribution in [0.25, 0.3) is 0 Å². The van der Waals surface area contributed by atoms with E-state index in [1.165, 1.54) is 38.9 Å². The van der Waals surface area contributed by atoms with Gasteiger partial charge in [-0.25, -0.2) is 5.48 Å². The zero-order chi connectivity index (χ0) is 16.7. The maximum absolute atomic E-state index is 12.1. The summed E-state index contributed by atoms with van der Waals surface area (Å²) in [7, 11) is 0. The standard InChI is InChI=1S/C18H24ClN3O2/c19-16-8-12(1-2-17(16)20)18(23)21-24-10-13-7-14(13)15-9-22-5-3-11(15)4-6-22/h1-2,8,11,13-15H,3-7,9-10,20H2,(H,21,23). The van der Waals surface area contributed by atoms with Gasteiger partial charge >= 0.3 is 0 Å². The van der Waals surface area contributed by atoms with Crippen LogP contribution >= 0.6 is 11.6 Å². The van der Waals surface area contributed by atoms with E-state index in [4.69, 9.17) is 22.2 Å². The van der Waals surface area contributed by atoms with Crippen molar-refractivity contribution < 1.29 is 9.63 Å². The molecular formula is C18H24ClN3O2. The molecule has 3 N–H and O–H groups in total. The van der Waals surface area contributed by atoms with Gasteiger partial charge in [-0.1, -0.05) is 11.6 Å². The van der Waals surface area contributed by atoms with E-state index in [1.54, 1.807) is 18.2 Å². The molecule has 1 aliphatic carbocycles.